The lowest BCUT2D eigenvalue weighted by Gasteiger charge is -2.23. The molecule has 0 radical (unpaired) electrons. The average molecular weight is 350 g/mol. The van der Waals surface area contributed by atoms with Gasteiger partial charge in [-0.15, -0.1) is 0 Å². The van der Waals surface area contributed by atoms with E-state index in [1.54, 1.807) is 24.3 Å². The van der Waals surface area contributed by atoms with Gasteiger partial charge in [-0.3, -0.25) is 4.79 Å². The normalized spacial score (nSPS) is 15.1. The number of benzene rings is 1. The third-order valence-corrected chi connectivity index (χ3v) is 4.79. The number of hydrogen-bond acceptors (Lipinski definition) is 5. The van der Waals surface area contributed by atoms with Crippen molar-refractivity contribution in [2.45, 2.75) is 38.1 Å². The number of aromatic amines is 1. The van der Waals surface area contributed by atoms with Crippen LogP contribution in [0.5, 0.6) is 0 Å². The fourth-order valence-corrected chi connectivity index (χ4v) is 3.39. The summed E-state index contributed by atoms with van der Waals surface area (Å²) < 4.78 is 0. The summed E-state index contributed by atoms with van der Waals surface area (Å²) in [7, 11) is 0. The lowest BCUT2D eigenvalue weighted by molar-refractivity contribution is 0.100. The van der Waals surface area contributed by atoms with Gasteiger partial charge in [0, 0.05) is 23.5 Å². The zero-order chi connectivity index (χ0) is 17.9. The second kappa shape index (κ2) is 7.03. The van der Waals surface area contributed by atoms with Gasteiger partial charge in [0.25, 0.3) is 0 Å². The van der Waals surface area contributed by atoms with E-state index >= 15 is 0 Å². The number of H-pyrrole nitrogens is 1. The minimum absolute atomic E-state index is 0.445. The first kappa shape index (κ1) is 16.4. The molecule has 7 heteroatoms. The summed E-state index contributed by atoms with van der Waals surface area (Å²) in [6.45, 7) is 0. The number of fused-ring (bicyclic) bond motifs is 1. The van der Waals surface area contributed by atoms with E-state index < -0.39 is 5.91 Å². The lowest BCUT2D eigenvalue weighted by atomic mass is 9.95. The molecule has 0 bridgehead atoms. The lowest BCUT2D eigenvalue weighted by Crippen LogP contribution is -2.23. The van der Waals surface area contributed by atoms with E-state index in [9.17, 15) is 4.79 Å². The summed E-state index contributed by atoms with van der Waals surface area (Å²) in [6.07, 6.45) is 8.06. The van der Waals surface area contributed by atoms with E-state index in [-0.39, 0.29) is 0 Å². The summed E-state index contributed by atoms with van der Waals surface area (Å²) in [6, 6.07) is 9.39. The number of aromatic nitrogens is 3. The van der Waals surface area contributed by atoms with E-state index in [0.29, 0.717) is 17.6 Å². The van der Waals surface area contributed by atoms with Crippen molar-refractivity contribution in [2.24, 2.45) is 5.73 Å². The van der Waals surface area contributed by atoms with Gasteiger partial charge in [0.2, 0.25) is 11.9 Å². The number of rotatable bonds is 5. The van der Waals surface area contributed by atoms with Crippen LogP contribution in [0.4, 0.5) is 17.5 Å². The van der Waals surface area contributed by atoms with Crippen LogP contribution in [0.3, 0.4) is 0 Å². The number of anilines is 3. The van der Waals surface area contributed by atoms with Gasteiger partial charge < -0.3 is 21.4 Å². The van der Waals surface area contributed by atoms with E-state index in [1.807, 2.05) is 12.3 Å². The Labute approximate surface area is 151 Å². The first-order chi connectivity index (χ1) is 12.7. The molecule has 5 N–H and O–H groups in total. The van der Waals surface area contributed by atoms with Crippen molar-refractivity contribution in [3.8, 4) is 0 Å². The van der Waals surface area contributed by atoms with Gasteiger partial charge in [0.05, 0.1) is 5.39 Å². The van der Waals surface area contributed by atoms with Gasteiger partial charge >= 0.3 is 0 Å². The molecule has 0 spiro atoms. The Morgan fingerprint density at radius 3 is 2.58 bits per heavy atom. The van der Waals surface area contributed by atoms with Crippen LogP contribution < -0.4 is 16.4 Å². The molecule has 0 aliphatic heterocycles. The third-order valence-electron chi connectivity index (χ3n) is 4.79. The van der Waals surface area contributed by atoms with Gasteiger partial charge in [-0.2, -0.15) is 9.97 Å². The minimum Gasteiger partial charge on any atom is -0.367 e. The average Bonchev–Trinajstić information content (AvgIpc) is 3.12. The Bertz CT molecular complexity index is 911. The summed E-state index contributed by atoms with van der Waals surface area (Å²) >= 11 is 0. The molecule has 0 unspecified atom stereocenters. The molecule has 2 heterocycles. The van der Waals surface area contributed by atoms with Gasteiger partial charge in [-0.1, -0.05) is 19.3 Å². The van der Waals surface area contributed by atoms with Crippen LogP contribution in [0, 0.1) is 0 Å². The monoisotopic (exact) mass is 350 g/mol. The van der Waals surface area contributed by atoms with Crippen LogP contribution in [-0.4, -0.2) is 26.9 Å². The van der Waals surface area contributed by atoms with Crippen molar-refractivity contribution < 1.29 is 4.79 Å². The maximum atomic E-state index is 11.2. The topological polar surface area (TPSA) is 109 Å². The zero-order valence-electron chi connectivity index (χ0n) is 14.5. The third kappa shape index (κ3) is 3.46. The fraction of sp³-hybridized carbons (Fsp3) is 0.316. The number of nitrogens with two attached hydrogens (primary N) is 1. The molecule has 1 saturated carbocycles. The van der Waals surface area contributed by atoms with Crippen molar-refractivity contribution in [3.63, 3.8) is 0 Å². The Balaban J connectivity index is 1.59. The highest BCUT2D eigenvalue weighted by molar-refractivity contribution is 5.93. The van der Waals surface area contributed by atoms with Crippen molar-refractivity contribution in [2.75, 3.05) is 10.6 Å². The fourth-order valence-electron chi connectivity index (χ4n) is 3.39. The van der Waals surface area contributed by atoms with Crippen LogP contribution in [-0.2, 0) is 0 Å². The number of nitrogens with zero attached hydrogens (tertiary/aromatic N) is 2. The van der Waals surface area contributed by atoms with Crippen molar-refractivity contribution in [1.29, 1.82) is 0 Å². The number of carbonyl (C=O) groups is 1. The molecule has 1 amide bonds. The van der Waals surface area contributed by atoms with Crippen LogP contribution in [0.15, 0.2) is 36.5 Å². The number of amides is 1. The first-order valence-electron chi connectivity index (χ1n) is 8.97. The molecule has 3 aromatic rings. The predicted molar refractivity (Wildman–Crippen MR) is 103 cm³/mol. The molecular formula is C19H22N6O. The molecule has 134 valence electrons. The summed E-state index contributed by atoms with van der Waals surface area (Å²) in [5.41, 5.74) is 7.33. The van der Waals surface area contributed by atoms with E-state index in [1.165, 1.54) is 32.1 Å². The molecular weight excluding hydrogens is 328 g/mol. The Kier molecular flexibility index (Phi) is 4.43. The second-order valence-electron chi connectivity index (χ2n) is 6.68. The van der Waals surface area contributed by atoms with Crippen LogP contribution in [0.25, 0.3) is 11.0 Å². The molecule has 1 aliphatic carbocycles. The minimum atomic E-state index is -0.445. The molecule has 1 aromatic carbocycles. The van der Waals surface area contributed by atoms with Crippen LogP contribution in [0.1, 0.15) is 42.5 Å². The van der Waals surface area contributed by atoms with Crippen molar-refractivity contribution in [3.05, 3.63) is 42.1 Å². The van der Waals surface area contributed by atoms with Gasteiger partial charge in [0.1, 0.15) is 11.5 Å². The highest BCUT2D eigenvalue weighted by atomic mass is 16.1. The van der Waals surface area contributed by atoms with E-state index in [0.717, 1.165) is 22.5 Å². The quantitative estimate of drug-likeness (QED) is 0.563. The molecule has 1 fully saturated rings. The van der Waals surface area contributed by atoms with E-state index in [4.69, 9.17) is 5.73 Å². The highest BCUT2D eigenvalue weighted by Gasteiger charge is 2.16. The molecule has 1 aliphatic rings. The number of nitrogens with one attached hydrogen (secondary N) is 3. The van der Waals surface area contributed by atoms with E-state index in [2.05, 4.69) is 25.6 Å². The summed E-state index contributed by atoms with van der Waals surface area (Å²) in [5.74, 6) is 0.907. The Morgan fingerprint density at radius 2 is 1.85 bits per heavy atom. The smallest absolute Gasteiger partial charge is 0.248 e. The van der Waals surface area contributed by atoms with Crippen molar-refractivity contribution in [1.82, 2.24) is 15.0 Å². The van der Waals surface area contributed by atoms with Gasteiger partial charge in [-0.05, 0) is 43.2 Å². The number of primary amides is 1. The van der Waals surface area contributed by atoms with Gasteiger partial charge in [0.15, 0.2) is 0 Å². The molecule has 4 rings (SSSR count). The Morgan fingerprint density at radius 1 is 1.08 bits per heavy atom. The summed E-state index contributed by atoms with van der Waals surface area (Å²) in [5, 5.41) is 7.77. The molecule has 26 heavy (non-hydrogen) atoms. The number of hydrogen-bond donors (Lipinski definition) is 4. The SMILES string of the molecule is NC(=O)c1ccc(Nc2nc(NC3CCCCC3)c3cc[nH]c3n2)cc1. The summed E-state index contributed by atoms with van der Waals surface area (Å²) in [4.78, 5) is 23.5. The predicted octanol–water partition coefficient (Wildman–Crippen LogP) is 3.55. The highest BCUT2D eigenvalue weighted by Crippen LogP contribution is 2.27. The maximum Gasteiger partial charge on any atom is 0.248 e. The number of carbonyl (C=O) groups excluding carboxylic acids is 1. The van der Waals surface area contributed by atoms with Gasteiger partial charge in [-0.25, -0.2) is 0 Å². The Hall–Kier alpha value is -3.09. The molecule has 7 nitrogen and oxygen atoms in total. The first-order valence-corrected chi connectivity index (χ1v) is 8.97. The maximum absolute atomic E-state index is 11.2. The van der Waals surface area contributed by atoms with Crippen molar-refractivity contribution >= 4 is 34.4 Å². The largest absolute Gasteiger partial charge is 0.367 e. The van der Waals surface area contributed by atoms with Crippen LogP contribution >= 0.6 is 0 Å². The standard InChI is InChI=1S/C19H22N6O/c20-16(26)12-6-8-14(9-7-12)23-19-24-17-15(10-11-21-17)18(25-19)22-13-4-2-1-3-5-13/h6-11,13H,1-5H2,(H2,20,26)(H3,21,22,23,24,25). The second-order valence-corrected chi connectivity index (χ2v) is 6.68. The van der Waals surface area contributed by atoms with Crippen LogP contribution in [0.2, 0.25) is 0 Å². The molecule has 0 saturated heterocycles. The molecule has 0 atom stereocenters. The zero-order valence-corrected chi connectivity index (χ0v) is 14.5. The molecule has 2 aromatic heterocycles.